The molecule has 1 N–H and O–H groups in total. The molecular formula is C9H7ClO4. The van der Waals surface area contributed by atoms with Crippen LogP contribution in [-0.4, -0.2) is 17.0 Å². The van der Waals surface area contributed by atoms with E-state index in [1.54, 1.807) is 12.1 Å². The first kappa shape index (κ1) is 10.5. The molecule has 0 radical (unpaired) electrons. The summed E-state index contributed by atoms with van der Waals surface area (Å²) in [5, 5.41) is 8.80. The molecule has 0 heterocycles. The molecule has 0 aliphatic heterocycles. The average Bonchev–Trinajstić information content (AvgIpc) is 2.07. The molecule has 0 amide bonds. The maximum absolute atomic E-state index is 10.9. The number of esters is 1. The molecule has 4 nitrogen and oxygen atoms in total. The fourth-order valence-corrected chi connectivity index (χ4v) is 0.920. The van der Waals surface area contributed by atoms with Gasteiger partial charge in [-0.15, -0.1) is 0 Å². The van der Waals surface area contributed by atoms with Gasteiger partial charge < -0.3 is 9.84 Å². The molecule has 0 aromatic heterocycles. The number of hydrogen-bond acceptors (Lipinski definition) is 3. The summed E-state index contributed by atoms with van der Waals surface area (Å²) < 4.78 is 4.70. The molecule has 0 atom stereocenters. The van der Waals surface area contributed by atoms with Crippen LogP contribution in [0.4, 0.5) is 0 Å². The number of ether oxygens (including phenoxy) is 1. The Labute approximate surface area is 85.1 Å². The number of rotatable bonds is 3. The van der Waals surface area contributed by atoms with Gasteiger partial charge in [0.1, 0.15) is 12.2 Å². The quantitative estimate of drug-likeness (QED) is 0.473. The Morgan fingerprint density at radius 1 is 1.29 bits per heavy atom. The van der Waals surface area contributed by atoms with Gasteiger partial charge in [-0.1, -0.05) is 11.6 Å². The van der Waals surface area contributed by atoms with E-state index in [1.807, 2.05) is 0 Å². The summed E-state index contributed by atoms with van der Waals surface area (Å²) in [6, 6.07) is 6.07. The second-order valence-electron chi connectivity index (χ2n) is 2.50. The van der Waals surface area contributed by atoms with Crippen LogP contribution in [0.2, 0.25) is 5.02 Å². The van der Waals surface area contributed by atoms with Crippen molar-refractivity contribution in [3.05, 3.63) is 29.3 Å². The van der Waals surface area contributed by atoms with Crippen LogP contribution in [0.3, 0.4) is 0 Å². The summed E-state index contributed by atoms with van der Waals surface area (Å²) in [5.74, 6) is -1.75. The van der Waals surface area contributed by atoms with Gasteiger partial charge in [-0.25, -0.2) is 0 Å². The fourth-order valence-electron chi connectivity index (χ4n) is 0.794. The Balaban J connectivity index is 2.56. The van der Waals surface area contributed by atoms with E-state index in [4.69, 9.17) is 21.4 Å². The zero-order valence-electron chi connectivity index (χ0n) is 7.07. The third-order valence-electron chi connectivity index (χ3n) is 1.34. The van der Waals surface area contributed by atoms with Crippen molar-refractivity contribution in [2.75, 3.05) is 0 Å². The molecule has 0 spiro atoms. The molecule has 1 rings (SSSR count). The monoisotopic (exact) mass is 214 g/mol. The maximum atomic E-state index is 10.9. The summed E-state index contributed by atoms with van der Waals surface area (Å²) in [5.41, 5.74) is 0. The van der Waals surface area contributed by atoms with Crippen LogP contribution >= 0.6 is 11.6 Å². The summed E-state index contributed by atoms with van der Waals surface area (Å²) in [6.07, 6.45) is -0.650. The van der Waals surface area contributed by atoms with E-state index in [0.717, 1.165) is 0 Å². The number of aliphatic carboxylic acids is 1. The van der Waals surface area contributed by atoms with Gasteiger partial charge in [0, 0.05) is 5.02 Å². The first-order valence-corrected chi connectivity index (χ1v) is 4.14. The molecule has 0 saturated heterocycles. The number of carbonyl (C=O) groups excluding carboxylic acids is 1. The molecule has 0 fully saturated rings. The SMILES string of the molecule is O=C(O)CC(=O)Oc1ccc(Cl)cc1. The Hall–Kier alpha value is -1.55. The predicted molar refractivity (Wildman–Crippen MR) is 49.3 cm³/mol. The highest BCUT2D eigenvalue weighted by atomic mass is 35.5. The first-order chi connectivity index (χ1) is 6.58. The average molecular weight is 215 g/mol. The number of hydrogen-bond donors (Lipinski definition) is 1. The normalized spacial score (nSPS) is 9.50. The van der Waals surface area contributed by atoms with Crippen molar-refractivity contribution in [2.45, 2.75) is 6.42 Å². The minimum absolute atomic E-state index is 0.278. The van der Waals surface area contributed by atoms with Crippen molar-refractivity contribution in [3.8, 4) is 5.75 Å². The number of carbonyl (C=O) groups is 2. The van der Waals surface area contributed by atoms with Gasteiger partial charge in [-0.05, 0) is 24.3 Å². The molecule has 0 unspecified atom stereocenters. The molecule has 0 aliphatic rings. The highest BCUT2D eigenvalue weighted by molar-refractivity contribution is 6.30. The van der Waals surface area contributed by atoms with Crippen molar-refractivity contribution in [1.29, 1.82) is 0 Å². The van der Waals surface area contributed by atoms with Gasteiger partial charge in [-0.3, -0.25) is 9.59 Å². The largest absolute Gasteiger partial charge is 0.481 e. The van der Waals surface area contributed by atoms with E-state index in [-0.39, 0.29) is 5.75 Å². The van der Waals surface area contributed by atoms with E-state index >= 15 is 0 Å². The van der Waals surface area contributed by atoms with Crippen LogP contribution in [0, 0.1) is 0 Å². The highest BCUT2D eigenvalue weighted by Gasteiger charge is 2.09. The molecule has 0 aliphatic carbocycles. The minimum Gasteiger partial charge on any atom is -0.481 e. The zero-order chi connectivity index (χ0) is 10.6. The minimum atomic E-state index is -1.22. The molecule has 0 saturated carbocycles. The molecule has 1 aromatic rings. The van der Waals surface area contributed by atoms with Crippen molar-refractivity contribution in [3.63, 3.8) is 0 Å². The van der Waals surface area contributed by atoms with Crippen molar-refractivity contribution in [2.24, 2.45) is 0 Å². The summed E-state index contributed by atoms with van der Waals surface area (Å²) in [7, 11) is 0. The lowest BCUT2D eigenvalue weighted by Crippen LogP contribution is -2.13. The summed E-state index contributed by atoms with van der Waals surface area (Å²) >= 11 is 5.60. The second-order valence-corrected chi connectivity index (χ2v) is 2.93. The van der Waals surface area contributed by atoms with Crippen molar-refractivity contribution in [1.82, 2.24) is 0 Å². The van der Waals surface area contributed by atoms with E-state index in [0.29, 0.717) is 5.02 Å². The Morgan fingerprint density at radius 2 is 1.86 bits per heavy atom. The zero-order valence-corrected chi connectivity index (χ0v) is 7.82. The Morgan fingerprint density at radius 3 is 2.36 bits per heavy atom. The molecule has 0 bridgehead atoms. The molecule has 5 heteroatoms. The number of halogens is 1. The lowest BCUT2D eigenvalue weighted by molar-refractivity contribution is -0.145. The maximum Gasteiger partial charge on any atom is 0.322 e. The lowest BCUT2D eigenvalue weighted by atomic mass is 10.3. The van der Waals surface area contributed by atoms with Gasteiger partial charge in [0.25, 0.3) is 0 Å². The Bertz CT molecular complexity index is 344. The van der Waals surface area contributed by atoms with E-state index < -0.39 is 18.4 Å². The Kier molecular flexibility index (Phi) is 3.48. The topological polar surface area (TPSA) is 63.6 Å². The van der Waals surface area contributed by atoms with E-state index in [2.05, 4.69) is 0 Å². The van der Waals surface area contributed by atoms with Crippen molar-refractivity contribution < 1.29 is 19.4 Å². The number of carboxylic acid groups (broad SMARTS) is 1. The van der Waals surface area contributed by atoms with E-state index in [9.17, 15) is 9.59 Å². The van der Waals surface area contributed by atoms with Gasteiger partial charge in [0.15, 0.2) is 0 Å². The molecular weight excluding hydrogens is 208 g/mol. The second kappa shape index (κ2) is 4.62. The van der Waals surface area contributed by atoms with Crippen LogP contribution in [-0.2, 0) is 9.59 Å². The smallest absolute Gasteiger partial charge is 0.322 e. The molecule has 74 valence electrons. The fraction of sp³-hybridized carbons (Fsp3) is 0.111. The summed E-state index contributed by atoms with van der Waals surface area (Å²) in [6.45, 7) is 0. The van der Waals surface area contributed by atoms with Gasteiger partial charge in [-0.2, -0.15) is 0 Å². The number of benzene rings is 1. The third kappa shape index (κ3) is 3.45. The van der Waals surface area contributed by atoms with Crippen LogP contribution in [0.1, 0.15) is 6.42 Å². The van der Waals surface area contributed by atoms with Gasteiger partial charge in [0.2, 0.25) is 0 Å². The van der Waals surface area contributed by atoms with Crippen LogP contribution < -0.4 is 4.74 Å². The standard InChI is InChI=1S/C9H7ClO4/c10-6-1-3-7(4-2-6)14-9(13)5-8(11)12/h1-4H,5H2,(H,11,12). The lowest BCUT2D eigenvalue weighted by Gasteiger charge is -2.01. The number of carboxylic acids is 1. The molecule has 14 heavy (non-hydrogen) atoms. The van der Waals surface area contributed by atoms with Crippen LogP contribution in [0.15, 0.2) is 24.3 Å². The third-order valence-corrected chi connectivity index (χ3v) is 1.59. The van der Waals surface area contributed by atoms with E-state index in [1.165, 1.54) is 12.1 Å². The first-order valence-electron chi connectivity index (χ1n) is 3.76. The highest BCUT2D eigenvalue weighted by Crippen LogP contribution is 2.15. The molecule has 1 aromatic carbocycles. The van der Waals surface area contributed by atoms with Crippen LogP contribution in [0.25, 0.3) is 0 Å². The predicted octanol–water partition coefficient (Wildman–Crippen LogP) is 1.72. The van der Waals surface area contributed by atoms with Gasteiger partial charge >= 0.3 is 11.9 Å². The van der Waals surface area contributed by atoms with Crippen LogP contribution in [0.5, 0.6) is 5.75 Å². The van der Waals surface area contributed by atoms with Crippen molar-refractivity contribution >= 4 is 23.5 Å². The summed E-state index contributed by atoms with van der Waals surface area (Å²) in [4.78, 5) is 21.0. The van der Waals surface area contributed by atoms with Gasteiger partial charge in [0.05, 0.1) is 0 Å².